The molecule has 0 atom stereocenters. The minimum absolute atomic E-state index is 0.0721. The van der Waals surface area contributed by atoms with E-state index in [0.717, 1.165) is 90.2 Å². The number of nitrogens with zero attached hydrogens (tertiary/aromatic N) is 2. The SMILES string of the molecule is Cc1cc2c3c(c1)N(c1ccc(C(C)(C)C)cc1-c1ccccc1)c1c(ccc4c1OCCO4)B3c1cc(C(C)(C)C)ccc1N2c1cc(-c2ccc3c(c2)C(C)(C)c2ccccc2-3)cc(-c2cc3ccccc3o2)c1. The predicted octanol–water partition coefficient (Wildman–Crippen LogP) is 16.5. The third-order valence-corrected chi connectivity index (χ3v) is 16.7. The number of furan rings is 1. The number of hydrogen-bond donors (Lipinski definition) is 0. The van der Waals surface area contributed by atoms with Crippen molar-refractivity contribution in [3.63, 3.8) is 0 Å². The van der Waals surface area contributed by atoms with Gasteiger partial charge in [-0.05, 0) is 163 Å². The highest BCUT2D eigenvalue weighted by atomic mass is 16.6. The maximum absolute atomic E-state index is 6.85. The van der Waals surface area contributed by atoms with Crippen LogP contribution in [0.25, 0.3) is 55.7 Å². The van der Waals surface area contributed by atoms with Crippen molar-refractivity contribution < 1.29 is 13.9 Å². The van der Waals surface area contributed by atoms with Crippen LogP contribution < -0.4 is 35.7 Å². The van der Waals surface area contributed by atoms with Gasteiger partial charge in [-0.1, -0.05) is 165 Å². The van der Waals surface area contributed by atoms with E-state index in [2.05, 4.69) is 248 Å². The minimum Gasteiger partial charge on any atom is -0.486 e. The van der Waals surface area contributed by atoms with E-state index in [1.54, 1.807) is 0 Å². The van der Waals surface area contributed by atoms with Crippen molar-refractivity contribution >= 4 is 68.2 Å². The third-order valence-electron chi connectivity index (χ3n) is 16.7. The summed E-state index contributed by atoms with van der Waals surface area (Å²) in [5.41, 5.74) is 25.5. The van der Waals surface area contributed by atoms with Gasteiger partial charge in [0.15, 0.2) is 11.5 Å². The molecule has 76 heavy (non-hydrogen) atoms. The summed E-state index contributed by atoms with van der Waals surface area (Å²) in [6.45, 7) is 21.7. The molecular weight excluding hydrogens is 928 g/mol. The Balaban J connectivity index is 1.06. The van der Waals surface area contributed by atoms with Gasteiger partial charge in [0.05, 0.1) is 11.4 Å². The molecule has 372 valence electrons. The maximum atomic E-state index is 6.85. The van der Waals surface area contributed by atoms with Crippen molar-refractivity contribution in [3.8, 4) is 56.2 Å². The molecule has 10 aromatic rings. The Morgan fingerprint density at radius 3 is 1.96 bits per heavy atom. The van der Waals surface area contributed by atoms with Crippen LogP contribution in [0.3, 0.4) is 0 Å². The van der Waals surface area contributed by atoms with Crippen LogP contribution in [0.15, 0.2) is 186 Å². The summed E-state index contributed by atoms with van der Waals surface area (Å²) >= 11 is 0. The Hall–Kier alpha value is -8.22. The molecule has 5 nitrogen and oxygen atoms in total. The number of benzene rings is 9. The monoisotopic (exact) mass is 988 g/mol. The Labute approximate surface area is 447 Å². The average Bonchev–Trinajstić information content (AvgIpc) is 4.08. The Kier molecular flexibility index (Phi) is 10.1. The number of rotatable bonds is 5. The van der Waals surface area contributed by atoms with Crippen LogP contribution in [0.5, 0.6) is 11.5 Å². The smallest absolute Gasteiger partial charge is 0.252 e. The molecule has 4 aliphatic rings. The summed E-state index contributed by atoms with van der Waals surface area (Å²) in [5, 5.41) is 1.08. The second kappa shape index (κ2) is 16.6. The van der Waals surface area contributed by atoms with E-state index in [1.165, 1.54) is 55.3 Å². The van der Waals surface area contributed by atoms with E-state index in [0.29, 0.717) is 13.2 Å². The molecular formula is C70H61BN2O3. The first-order valence-electron chi connectivity index (χ1n) is 27.0. The van der Waals surface area contributed by atoms with Gasteiger partial charge in [-0.15, -0.1) is 0 Å². The Morgan fingerprint density at radius 1 is 0.487 bits per heavy atom. The van der Waals surface area contributed by atoms with Gasteiger partial charge in [-0.2, -0.15) is 0 Å². The number of ether oxygens (including phenoxy) is 2. The van der Waals surface area contributed by atoms with E-state index in [-0.39, 0.29) is 23.0 Å². The van der Waals surface area contributed by atoms with Crippen molar-refractivity contribution in [2.75, 3.05) is 23.0 Å². The molecule has 1 aliphatic carbocycles. The molecule has 6 heteroatoms. The lowest BCUT2D eigenvalue weighted by Crippen LogP contribution is -2.61. The van der Waals surface area contributed by atoms with Crippen LogP contribution in [0.4, 0.5) is 34.1 Å². The molecule has 1 aromatic heterocycles. The van der Waals surface area contributed by atoms with Crippen molar-refractivity contribution in [2.45, 2.75) is 78.6 Å². The fourth-order valence-corrected chi connectivity index (χ4v) is 12.8. The van der Waals surface area contributed by atoms with Crippen molar-refractivity contribution in [3.05, 3.63) is 210 Å². The van der Waals surface area contributed by atoms with Gasteiger partial charge in [0.1, 0.15) is 24.6 Å². The van der Waals surface area contributed by atoms with Gasteiger partial charge >= 0.3 is 0 Å². The van der Waals surface area contributed by atoms with E-state index in [1.807, 2.05) is 6.07 Å². The van der Waals surface area contributed by atoms with Crippen molar-refractivity contribution in [1.82, 2.24) is 0 Å². The van der Waals surface area contributed by atoms with Gasteiger partial charge in [0.25, 0.3) is 6.71 Å². The molecule has 4 heterocycles. The summed E-state index contributed by atoms with van der Waals surface area (Å²) < 4.78 is 20.1. The molecule has 0 spiro atoms. The molecule has 0 N–H and O–H groups in total. The Bertz CT molecular complexity index is 4010. The van der Waals surface area contributed by atoms with Crippen molar-refractivity contribution in [1.29, 1.82) is 0 Å². The zero-order valence-corrected chi connectivity index (χ0v) is 44.9. The van der Waals surface area contributed by atoms with Crippen LogP contribution in [-0.4, -0.2) is 19.9 Å². The Morgan fingerprint density at radius 2 is 1.17 bits per heavy atom. The second-order valence-corrected chi connectivity index (χ2v) is 24.1. The van der Waals surface area contributed by atoms with E-state index >= 15 is 0 Å². The maximum Gasteiger partial charge on any atom is 0.252 e. The van der Waals surface area contributed by atoms with Gasteiger partial charge in [-0.25, -0.2) is 0 Å². The number of anilines is 6. The summed E-state index contributed by atoms with van der Waals surface area (Å²) in [4.78, 5) is 5.06. The molecule has 0 unspecified atom stereocenters. The number of para-hydroxylation sites is 1. The molecule has 0 saturated carbocycles. The number of fused-ring (bicyclic) bond motifs is 10. The van der Waals surface area contributed by atoms with Gasteiger partial charge < -0.3 is 23.7 Å². The third kappa shape index (κ3) is 7.13. The molecule has 9 aromatic carbocycles. The second-order valence-electron chi connectivity index (χ2n) is 24.1. The molecule has 0 radical (unpaired) electrons. The van der Waals surface area contributed by atoms with Crippen LogP contribution in [0.2, 0.25) is 0 Å². The fraction of sp³-hybridized carbons (Fsp3) is 0.200. The summed E-state index contributed by atoms with van der Waals surface area (Å²) in [6.07, 6.45) is 0. The lowest BCUT2D eigenvalue weighted by molar-refractivity contribution is 0.172. The quantitative estimate of drug-likeness (QED) is 0.161. The summed E-state index contributed by atoms with van der Waals surface area (Å²) in [7, 11) is 0. The molecule has 0 amide bonds. The normalized spacial score (nSPS) is 14.8. The van der Waals surface area contributed by atoms with Gasteiger partial charge in [0, 0.05) is 44.7 Å². The van der Waals surface area contributed by atoms with E-state index in [4.69, 9.17) is 13.9 Å². The lowest BCUT2D eigenvalue weighted by atomic mass is 9.33. The first-order valence-corrected chi connectivity index (χ1v) is 27.0. The van der Waals surface area contributed by atoms with Gasteiger partial charge in [-0.3, -0.25) is 0 Å². The summed E-state index contributed by atoms with van der Waals surface area (Å²) in [6, 6.07) is 68.1. The average molecular weight is 989 g/mol. The predicted molar refractivity (Wildman–Crippen MR) is 317 cm³/mol. The zero-order chi connectivity index (χ0) is 52.0. The van der Waals surface area contributed by atoms with E-state index < -0.39 is 0 Å². The number of hydrogen-bond acceptors (Lipinski definition) is 5. The molecule has 3 aliphatic heterocycles. The minimum atomic E-state index is -0.153. The fourth-order valence-electron chi connectivity index (χ4n) is 12.8. The van der Waals surface area contributed by atoms with Gasteiger partial charge in [0.2, 0.25) is 0 Å². The van der Waals surface area contributed by atoms with Crippen molar-refractivity contribution in [2.24, 2.45) is 0 Å². The van der Waals surface area contributed by atoms with Crippen LogP contribution in [0, 0.1) is 6.92 Å². The summed E-state index contributed by atoms with van der Waals surface area (Å²) in [5.74, 6) is 2.40. The topological polar surface area (TPSA) is 38.1 Å². The van der Waals surface area contributed by atoms with Crippen LogP contribution in [-0.2, 0) is 16.2 Å². The molecule has 0 bridgehead atoms. The first kappa shape index (κ1) is 46.3. The van der Waals surface area contributed by atoms with E-state index in [9.17, 15) is 0 Å². The lowest BCUT2D eigenvalue weighted by Gasteiger charge is -2.46. The van der Waals surface area contributed by atoms with Crippen LogP contribution in [0.1, 0.15) is 83.2 Å². The standard InChI is InChI=1S/C70H61BN2O3/c1-42-33-60-65-61(34-42)73(58-28-24-48(68(2,3)4)40-53(58)43-17-11-10-12-18-43)66-56(27-30-63-67(66)75-32-31-74-63)71(65)57-41-49(69(5,6)7)25-29-59(57)72(60)50-36-46(35-47(37-50)64-39-45-19-13-16-22-62(45)76-64)44-23-26-52-51-20-14-15-21-54(51)70(8,9)55(52)38-44/h10-30,33-41H,31-32H2,1-9H3. The highest BCUT2D eigenvalue weighted by Crippen LogP contribution is 2.54. The molecule has 0 saturated heterocycles. The zero-order valence-electron chi connectivity index (χ0n) is 44.9. The molecule has 0 fully saturated rings. The highest BCUT2D eigenvalue weighted by Gasteiger charge is 2.46. The first-order chi connectivity index (χ1) is 36.6. The van der Waals surface area contributed by atoms with Crippen LogP contribution >= 0.6 is 0 Å². The molecule has 14 rings (SSSR count). The largest absolute Gasteiger partial charge is 0.486 e. The highest BCUT2D eigenvalue weighted by molar-refractivity contribution is 7.00. The number of aryl methyl sites for hydroxylation is 1.